The van der Waals surface area contributed by atoms with Gasteiger partial charge in [0.25, 0.3) is 0 Å². The predicted molar refractivity (Wildman–Crippen MR) is 91.9 cm³/mol. The number of nitrogens with zero attached hydrogens (tertiary/aromatic N) is 5. The lowest BCUT2D eigenvalue weighted by atomic mass is 10.00. The number of hydrogen-bond donors (Lipinski definition) is 1. The molecule has 0 bridgehead atoms. The molecule has 6 nitrogen and oxygen atoms in total. The summed E-state index contributed by atoms with van der Waals surface area (Å²) in [6.45, 7) is 4.68. The van der Waals surface area contributed by atoms with Gasteiger partial charge in [0, 0.05) is 31.2 Å². The van der Waals surface area contributed by atoms with Gasteiger partial charge in [0.15, 0.2) is 5.82 Å². The number of rotatable bonds is 4. The molecule has 0 spiro atoms. The molecule has 0 unspecified atom stereocenters. The number of aromatic nitrogens is 3. The Morgan fingerprint density at radius 2 is 2.17 bits per heavy atom. The number of nitriles is 1. The van der Waals surface area contributed by atoms with Crippen molar-refractivity contribution >= 4 is 11.6 Å². The fourth-order valence-electron chi connectivity index (χ4n) is 3.38. The van der Waals surface area contributed by atoms with E-state index in [0.29, 0.717) is 11.5 Å². The molecule has 3 heterocycles. The van der Waals surface area contributed by atoms with Gasteiger partial charge in [-0.1, -0.05) is 0 Å². The second kappa shape index (κ2) is 6.08. The van der Waals surface area contributed by atoms with E-state index in [1.807, 2.05) is 25.1 Å². The molecule has 24 heavy (non-hydrogen) atoms. The van der Waals surface area contributed by atoms with Crippen LogP contribution in [0.15, 0.2) is 18.2 Å². The van der Waals surface area contributed by atoms with Crippen LogP contribution in [-0.2, 0) is 12.8 Å². The van der Waals surface area contributed by atoms with Crippen LogP contribution in [0.4, 0.5) is 11.6 Å². The highest BCUT2D eigenvalue weighted by atomic mass is 15.3. The number of anilines is 2. The van der Waals surface area contributed by atoms with Gasteiger partial charge in [0.2, 0.25) is 0 Å². The van der Waals surface area contributed by atoms with E-state index < -0.39 is 0 Å². The van der Waals surface area contributed by atoms with Crippen molar-refractivity contribution < 1.29 is 0 Å². The summed E-state index contributed by atoms with van der Waals surface area (Å²) in [7, 11) is 0. The molecule has 6 heteroatoms. The van der Waals surface area contributed by atoms with E-state index in [0.717, 1.165) is 61.9 Å². The van der Waals surface area contributed by atoms with Crippen molar-refractivity contribution in [3.05, 3.63) is 40.7 Å². The van der Waals surface area contributed by atoms with Crippen LogP contribution in [0, 0.1) is 24.2 Å². The zero-order chi connectivity index (χ0) is 16.5. The number of fused-ring (bicyclic) bond motifs is 1. The zero-order valence-electron chi connectivity index (χ0n) is 13.8. The van der Waals surface area contributed by atoms with Crippen LogP contribution in [-0.4, -0.2) is 34.8 Å². The van der Waals surface area contributed by atoms with E-state index in [1.54, 1.807) is 0 Å². The Morgan fingerprint density at radius 3 is 2.92 bits per heavy atom. The molecule has 2 aromatic heterocycles. The average Bonchev–Trinajstić information content (AvgIpc) is 3.01. The molecule has 0 saturated carbocycles. The maximum atomic E-state index is 9.35. The van der Waals surface area contributed by atoms with E-state index in [1.165, 1.54) is 5.56 Å². The lowest BCUT2D eigenvalue weighted by Gasteiger charge is -2.40. The fourth-order valence-corrected chi connectivity index (χ4v) is 3.38. The van der Waals surface area contributed by atoms with Gasteiger partial charge in [0.1, 0.15) is 11.9 Å². The maximum absolute atomic E-state index is 9.35. The van der Waals surface area contributed by atoms with Crippen LogP contribution in [0.3, 0.4) is 0 Å². The number of nitrogens with one attached hydrogen (secondary N) is 1. The van der Waals surface area contributed by atoms with Gasteiger partial charge in [-0.05, 0) is 49.9 Å². The van der Waals surface area contributed by atoms with Gasteiger partial charge >= 0.3 is 0 Å². The minimum absolute atomic E-state index is 0.537. The van der Waals surface area contributed by atoms with Crippen LogP contribution in [0.25, 0.3) is 0 Å². The molecule has 1 saturated heterocycles. The van der Waals surface area contributed by atoms with Crippen LogP contribution in [0.5, 0.6) is 0 Å². The van der Waals surface area contributed by atoms with E-state index >= 15 is 0 Å². The van der Waals surface area contributed by atoms with Gasteiger partial charge in [-0.25, -0.2) is 4.98 Å². The Hall–Kier alpha value is -2.68. The van der Waals surface area contributed by atoms with E-state index in [-0.39, 0.29) is 0 Å². The summed E-state index contributed by atoms with van der Waals surface area (Å²) >= 11 is 0. The number of pyridine rings is 1. The summed E-state index contributed by atoms with van der Waals surface area (Å²) in [5.41, 5.74) is 3.99. The third-order valence-electron chi connectivity index (χ3n) is 4.79. The first-order valence-electron chi connectivity index (χ1n) is 8.45. The zero-order valence-corrected chi connectivity index (χ0v) is 13.8. The summed E-state index contributed by atoms with van der Waals surface area (Å²) in [4.78, 5) is 6.89. The molecule has 0 aromatic carbocycles. The van der Waals surface area contributed by atoms with E-state index in [2.05, 4.69) is 31.5 Å². The van der Waals surface area contributed by atoms with Crippen molar-refractivity contribution in [2.45, 2.75) is 26.2 Å². The third kappa shape index (κ3) is 2.78. The highest BCUT2D eigenvalue weighted by Gasteiger charge is 2.28. The molecule has 1 aliphatic carbocycles. The van der Waals surface area contributed by atoms with Gasteiger partial charge in [-0.15, -0.1) is 5.10 Å². The molecule has 1 N–H and O–H groups in total. The molecular formula is C18H20N6. The van der Waals surface area contributed by atoms with Crippen molar-refractivity contribution in [1.29, 1.82) is 5.26 Å². The topological polar surface area (TPSA) is 77.7 Å². The third-order valence-corrected chi connectivity index (χ3v) is 4.79. The van der Waals surface area contributed by atoms with Gasteiger partial charge in [0.05, 0.1) is 11.3 Å². The number of aryl methyl sites for hydroxylation is 3. The Balaban J connectivity index is 1.36. The Labute approximate surface area is 141 Å². The lowest BCUT2D eigenvalue weighted by Crippen LogP contribution is -2.50. The van der Waals surface area contributed by atoms with Crippen LogP contribution in [0.1, 0.15) is 28.9 Å². The predicted octanol–water partition coefficient (Wildman–Crippen LogP) is 2.09. The summed E-state index contributed by atoms with van der Waals surface area (Å²) in [6, 6.07) is 8.28. The van der Waals surface area contributed by atoms with Gasteiger partial charge in [-0.2, -0.15) is 10.4 Å². The summed E-state index contributed by atoms with van der Waals surface area (Å²) in [5.74, 6) is 2.21. The molecule has 0 radical (unpaired) electrons. The first kappa shape index (κ1) is 14.9. The summed E-state index contributed by atoms with van der Waals surface area (Å²) < 4.78 is 0. The van der Waals surface area contributed by atoms with E-state index in [4.69, 9.17) is 0 Å². The molecule has 1 fully saturated rings. The molecule has 4 rings (SSSR count). The normalized spacial score (nSPS) is 16.4. The SMILES string of the molecule is Cc1ccc(N2CC(CNc3nc4c(cc3C#N)CCC4)C2)nn1. The van der Waals surface area contributed by atoms with Gasteiger partial charge < -0.3 is 10.2 Å². The molecule has 0 atom stereocenters. The summed E-state index contributed by atoms with van der Waals surface area (Å²) in [5, 5.41) is 21.0. The van der Waals surface area contributed by atoms with Crippen molar-refractivity contribution in [2.24, 2.45) is 5.92 Å². The second-order valence-electron chi connectivity index (χ2n) is 6.64. The van der Waals surface area contributed by atoms with Crippen molar-refractivity contribution in [1.82, 2.24) is 15.2 Å². The van der Waals surface area contributed by atoms with Crippen LogP contribution >= 0.6 is 0 Å². The minimum atomic E-state index is 0.537. The first-order valence-corrected chi connectivity index (χ1v) is 8.45. The van der Waals surface area contributed by atoms with Gasteiger partial charge in [-0.3, -0.25) is 0 Å². The van der Waals surface area contributed by atoms with Crippen molar-refractivity contribution in [2.75, 3.05) is 29.9 Å². The van der Waals surface area contributed by atoms with Crippen LogP contribution in [0.2, 0.25) is 0 Å². The molecular weight excluding hydrogens is 300 g/mol. The Morgan fingerprint density at radius 1 is 1.29 bits per heavy atom. The van der Waals surface area contributed by atoms with Crippen molar-refractivity contribution in [3.8, 4) is 6.07 Å². The highest BCUT2D eigenvalue weighted by molar-refractivity contribution is 5.55. The fraction of sp³-hybridized carbons (Fsp3) is 0.444. The Bertz CT molecular complexity index is 786. The largest absolute Gasteiger partial charge is 0.369 e. The quantitative estimate of drug-likeness (QED) is 0.929. The highest BCUT2D eigenvalue weighted by Crippen LogP contribution is 2.26. The molecule has 0 amide bonds. The monoisotopic (exact) mass is 320 g/mol. The van der Waals surface area contributed by atoms with Crippen molar-refractivity contribution in [3.63, 3.8) is 0 Å². The number of hydrogen-bond acceptors (Lipinski definition) is 6. The molecule has 2 aromatic rings. The first-order chi connectivity index (χ1) is 11.7. The Kier molecular flexibility index (Phi) is 3.77. The summed E-state index contributed by atoms with van der Waals surface area (Å²) in [6.07, 6.45) is 3.22. The van der Waals surface area contributed by atoms with Crippen LogP contribution < -0.4 is 10.2 Å². The minimum Gasteiger partial charge on any atom is -0.369 e. The lowest BCUT2D eigenvalue weighted by molar-refractivity contribution is 0.425. The standard InChI is InChI=1S/C18H20N6/c1-12-5-6-17(23-22-12)24-10-13(11-24)9-20-18-15(8-19)7-14-3-2-4-16(14)21-18/h5-7,13H,2-4,9-11H2,1H3,(H,20,21). The average molecular weight is 320 g/mol. The molecule has 2 aliphatic rings. The molecule has 1 aliphatic heterocycles. The smallest absolute Gasteiger partial charge is 0.151 e. The second-order valence-corrected chi connectivity index (χ2v) is 6.64. The van der Waals surface area contributed by atoms with E-state index in [9.17, 15) is 5.26 Å². The molecule has 122 valence electrons. The maximum Gasteiger partial charge on any atom is 0.151 e.